The lowest BCUT2D eigenvalue weighted by Crippen LogP contribution is -2.15. The van der Waals surface area contributed by atoms with Gasteiger partial charge in [0.2, 0.25) is 0 Å². The van der Waals surface area contributed by atoms with E-state index in [9.17, 15) is 5.26 Å². The molecule has 0 aliphatic rings. The molecule has 7 heteroatoms. The van der Waals surface area contributed by atoms with Crippen LogP contribution in [0.25, 0.3) is 0 Å². The van der Waals surface area contributed by atoms with Crippen molar-refractivity contribution >= 4 is 40.5 Å². The van der Waals surface area contributed by atoms with Crippen LogP contribution in [0.3, 0.4) is 0 Å². The summed E-state index contributed by atoms with van der Waals surface area (Å²) < 4.78 is 0. The van der Waals surface area contributed by atoms with E-state index < -0.39 is 0 Å². The third-order valence-electron chi connectivity index (χ3n) is 2.72. The first-order valence-electron chi connectivity index (χ1n) is 6.10. The lowest BCUT2D eigenvalue weighted by atomic mass is 10.2. The van der Waals surface area contributed by atoms with E-state index in [2.05, 4.69) is 21.4 Å². The molecule has 108 valence electrons. The van der Waals surface area contributed by atoms with Crippen molar-refractivity contribution in [1.29, 1.82) is 5.26 Å². The van der Waals surface area contributed by atoms with Crippen LogP contribution in [0.5, 0.6) is 0 Å². The summed E-state index contributed by atoms with van der Waals surface area (Å²) >= 11 is 12.0. The van der Waals surface area contributed by atoms with Crippen molar-refractivity contribution in [3.05, 3.63) is 39.6 Å². The van der Waals surface area contributed by atoms with Crippen LogP contribution in [-0.4, -0.2) is 24.1 Å². The summed E-state index contributed by atoms with van der Waals surface area (Å²) in [6, 6.07) is 7.19. The van der Waals surface area contributed by atoms with Gasteiger partial charge in [-0.25, -0.2) is 9.97 Å². The van der Waals surface area contributed by atoms with Gasteiger partial charge in [0.1, 0.15) is 17.5 Å². The highest BCUT2D eigenvalue weighted by Crippen LogP contribution is 2.30. The molecule has 0 bridgehead atoms. The molecule has 0 aliphatic heterocycles. The molecule has 0 radical (unpaired) electrons. The molecule has 0 unspecified atom stereocenters. The average Bonchev–Trinajstić information content (AvgIpc) is 2.41. The number of aromatic nitrogens is 2. The number of aryl methyl sites for hydroxylation is 1. The van der Waals surface area contributed by atoms with Gasteiger partial charge in [-0.3, -0.25) is 0 Å². The highest BCUT2D eigenvalue weighted by molar-refractivity contribution is 6.36. The van der Waals surface area contributed by atoms with Crippen LogP contribution in [-0.2, 0) is 0 Å². The number of rotatable bonds is 3. The predicted octanol–water partition coefficient (Wildman–Crippen LogP) is 3.77. The minimum absolute atomic E-state index is 0.358. The van der Waals surface area contributed by atoms with Crippen LogP contribution in [0, 0.1) is 18.3 Å². The van der Waals surface area contributed by atoms with Gasteiger partial charge in [0.15, 0.2) is 11.6 Å². The van der Waals surface area contributed by atoms with Gasteiger partial charge in [-0.2, -0.15) is 5.26 Å². The lowest BCUT2D eigenvalue weighted by Gasteiger charge is -2.17. The van der Waals surface area contributed by atoms with Gasteiger partial charge >= 0.3 is 0 Å². The molecule has 0 aliphatic carbocycles. The van der Waals surface area contributed by atoms with E-state index >= 15 is 0 Å². The zero-order valence-electron chi connectivity index (χ0n) is 11.8. The summed E-state index contributed by atoms with van der Waals surface area (Å²) in [6.07, 6.45) is 0. The Morgan fingerprint density at radius 3 is 2.52 bits per heavy atom. The maximum absolute atomic E-state index is 9.38. The normalized spacial score (nSPS) is 10.1. The van der Waals surface area contributed by atoms with Crippen molar-refractivity contribution in [3.8, 4) is 6.07 Å². The van der Waals surface area contributed by atoms with E-state index in [1.165, 1.54) is 0 Å². The van der Waals surface area contributed by atoms with E-state index in [4.69, 9.17) is 23.2 Å². The second-order valence-electron chi connectivity index (χ2n) is 4.57. The highest BCUT2D eigenvalue weighted by atomic mass is 35.5. The van der Waals surface area contributed by atoms with Crippen molar-refractivity contribution in [3.63, 3.8) is 0 Å². The third-order valence-corrected chi connectivity index (χ3v) is 3.27. The molecule has 1 aromatic heterocycles. The van der Waals surface area contributed by atoms with E-state index in [0.29, 0.717) is 38.8 Å². The number of halogens is 2. The van der Waals surface area contributed by atoms with Gasteiger partial charge < -0.3 is 10.2 Å². The Morgan fingerprint density at radius 1 is 1.24 bits per heavy atom. The molecule has 1 heterocycles. The molecule has 2 aromatic rings. The van der Waals surface area contributed by atoms with Crippen LogP contribution < -0.4 is 10.2 Å². The smallest absolute Gasteiger partial charge is 0.154 e. The van der Waals surface area contributed by atoms with Crippen molar-refractivity contribution in [1.82, 2.24) is 9.97 Å². The van der Waals surface area contributed by atoms with Crippen LogP contribution in [0.2, 0.25) is 10.0 Å². The monoisotopic (exact) mass is 321 g/mol. The maximum atomic E-state index is 9.38. The Morgan fingerprint density at radius 2 is 1.95 bits per heavy atom. The minimum atomic E-state index is 0.358. The Hall–Kier alpha value is -2.03. The Labute approximate surface area is 133 Å². The molecule has 0 atom stereocenters. The van der Waals surface area contributed by atoms with Gasteiger partial charge in [0.25, 0.3) is 0 Å². The molecular formula is C14H13Cl2N5. The number of nitriles is 1. The number of hydrogen-bond donors (Lipinski definition) is 1. The number of nitrogens with one attached hydrogen (secondary N) is 1. The zero-order valence-corrected chi connectivity index (χ0v) is 13.3. The molecule has 1 N–H and O–H groups in total. The maximum Gasteiger partial charge on any atom is 0.154 e. The first-order valence-corrected chi connectivity index (χ1v) is 6.86. The molecule has 0 spiro atoms. The third kappa shape index (κ3) is 3.35. The summed E-state index contributed by atoms with van der Waals surface area (Å²) in [5, 5.41) is 13.4. The van der Waals surface area contributed by atoms with E-state index in [1.807, 2.05) is 14.1 Å². The number of nitrogens with zero attached hydrogens (tertiary/aromatic N) is 4. The standard InChI is InChI=1S/C14H13Cl2N5/c1-8-18-13(10(7-17)14(19-8)21(2)3)20-12-5-4-9(15)6-11(12)16/h4-6H,1-3H3,(H,18,19,20). The molecular weight excluding hydrogens is 309 g/mol. The average molecular weight is 322 g/mol. The van der Waals surface area contributed by atoms with Crippen molar-refractivity contribution in [2.24, 2.45) is 0 Å². The summed E-state index contributed by atoms with van der Waals surface area (Å²) in [5.74, 6) is 1.53. The minimum Gasteiger partial charge on any atom is -0.361 e. The van der Waals surface area contributed by atoms with Gasteiger partial charge in [-0.1, -0.05) is 23.2 Å². The van der Waals surface area contributed by atoms with Crippen molar-refractivity contribution < 1.29 is 0 Å². The Balaban J connectivity index is 2.51. The van der Waals surface area contributed by atoms with Gasteiger partial charge in [-0.05, 0) is 25.1 Å². The number of benzene rings is 1. The first-order chi connectivity index (χ1) is 9.92. The Kier molecular flexibility index (Phi) is 4.51. The summed E-state index contributed by atoms with van der Waals surface area (Å²) in [6.45, 7) is 1.77. The first kappa shape index (κ1) is 15.4. The van der Waals surface area contributed by atoms with Crippen LogP contribution >= 0.6 is 23.2 Å². The van der Waals surface area contributed by atoms with E-state index in [0.717, 1.165) is 0 Å². The van der Waals surface area contributed by atoms with E-state index in [1.54, 1.807) is 30.0 Å². The topological polar surface area (TPSA) is 64.8 Å². The molecule has 21 heavy (non-hydrogen) atoms. The fourth-order valence-corrected chi connectivity index (χ4v) is 2.25. The van der Waals surface area contributed by atoms with Crippen LogP contribution in [0.15, 0.2) is 18.2 Å². The fourth-order valence-electron chi connectivity index (χ4n) is 1.79. The second kappa shape index (κ2) is 6.17. The molecule has 2 rings (SSSR count). The van der Waals surface area contributed by atoms with Crippen LogP contribution in [0.4, 0.5) is 17.3 Å². The summed E-state index contributed by atoms with van der Waals surface area (Å²) in [5.41, 5.74) is 0.983. The molecule has 0 saturated carbocycles. The van der Waals surface area contributed by atoms with Crippen molar-refractivity contribution in [2.45, 2.75) is 6.92 Å². The second-order valence-corrected chi connectivity index (χ2v) is 5.42. The molecule has 0 amide bonds. The SMILES string of the molecule is Cc1nc(Nc2ccc(Cl)cc2Cl)c(C#N)c(N(C)C)n1. The van der Waals surface area contributed by atoms with Gasteiger partial charge in [-0.15, -0.1) is 0 Å². The number of hydrogen-bond acceptors (Lipinski definition) is 5. The quantitative estimate of drug-likeness (QED) is 0.932. The number of anilines is 3. The van der Waals surface area contributed by atoms with E-state index in [-0.39, 0.29) is 0 Å². The van der Waals surface area contributed by atoms with Gasteiger partial charge in [0, 0.05) is 19.1 Å². The van der Waals surface area contributed by atoms with Crippen molar-refractivity contribution in [2.75, 3.05) is 24.3 Å². The van der Waals surface area contributed by atoms with Gasteiger partial charge in [0.05, 0.1) is 10.7 Å². The Bertz CT molecular complexity index is 722. The largest absolute Gasteiger partial charge is 0.361 e. The summed E-state index contributed by atoms with van der Waals surface area (Å²) in [4.78, 5) is 10.3. The van der Waals surface area contributed by atoms with Crippen LogP contribution in [0.1, 0.15) is 11.4 Å². The zero-order chi connectivity index (χ0) is 15.6. The molecule has 1 aromatic carbocycles. The fraction of sp³-hybridized carbons (Fsp3) is 0.214. The lowest BCUT2D eigenvalue weighted by molar-refractivity contribution is 0.984. The molecule has 0 saturated heterocycles. The molecule has 5 nitrogen and oxygen atoms in total. The predicted molar refractivity (Wildman–Crippen MR) is 85.6 cm³/mol. The molecule has 0 fully saturated rings. The highest BCUT2D eigenvalue weighted by Gasteiger charge is 2.15. The summed E-state index contributed by atoms with van der Waals surface area (Å²) in [7, 11) is 3.64.